The second kappa shape index (κ2) is 5.89. The van der Waals surface area contributed by atoms with E-state index in [1.165, 1.54) is 6.42 Å². The second-order valence-corrected chi connectivity index (χ2v) is 4.11. The maximum Gasteiger partial charge on any atom is 0.508 e. The van der Waals surface area contributed by atoms with E-state index in [1.54, 1.807) is 0 Å². The summed E-state index contributed by atoms with van der Waals surface area (Å²) in [4.78, 5) is 11.1. The van der Waals surface area contributed by atoms with Crippen molar-refractivity contribution in [2.45, 2.75) is 52.1 Å². The molecule has 14 heavy (non-hydrogen) atoms. The molecule has 1 fully saturated rings. The molecule has 3 heteroatoms. The first-order chi connectivity index (χ1) is 6.72. The molecule has 0 aromatic rings. The van der Waals surface area contributed by atoms with Gasteiger partial charge in [0.25, 0.3) is 0 Å². The molecule has 1 rings (SSSR count). The first-order valence-electron chi connectivity index (χ1n) is 5.55. The van der Waals surface area contributed by atoms with Crippen LogP contribution in [0.2, 0.25) is 0 Å². The van der Waals surface area contributed by atoms with E-state index >= 15 is 0 Å². The molecule has 0 bridgehead atoms. The molecule has 0 aromatic heterocycles. The third kappa shape index (κ3) is 3.99. The zero-order chi connectivity index (χ0) is 10.4. The van der Waals surface area contributed by atoms with Crippen LogP contribution in [0.15, 0.2) is 0 Å². The highest BCUT2D eigenvalue weighted by Crippen LogP contribution is 2.25. The van der Waals surface area contributed by atoms with Crippen LogP contribution in [0.1, 0.15) is 46.0 Å². The molecule has 3 nitrogen and oxygen atoms in total. The van der Waals surface area contributed by atoms with Gasteiger partial charge in [-0.2, -0.15) is 0 Å². The maximum atomic E-state index is 11.1. The molecule has 0 radical (unpaired) electrons. The van der Waals surface area contributed by atoms with Crippen LogP contribution in [-0.2, 0) is 9.47 Å². The Hall–Kier alpha value is -0.730. The first kappa shape index (κ1) is 11.3. The van der Waals surface area contributed by atoms with Gasteiger partial charge in [-0.05, 0) is 31.6 Å². The first-order valence-corrected chi connectivity index (χ1v) is 5.55. The van der Waals surface area contributed by atoms with E-state index in [0.29, 0.717) is 12.5 Å². The third-order valence-corrected chi connectivity index (χ3v) is 2.58. The number of carbonyl (C=O) groups is 1. The minimum Gasteiger partial charge on any atom is -0.434 e. The molecule has 1 saturated carbocycles. The minimum absolute atomic E-state index is 0.0862. The Morgan fingerprint density at radius 3 is 2.86 bits per heavy atom. The molecular formula is C11H20O3. The summed E-state index contributed by atoms with van der Waals surface area (Å²) in [5.74, 6) is 0.674. The molecule has 82 valence electrons. The zero-order valence-corrected chi connectivity index (χ0v) is 9.12. The number of hydrogen-bond donors (Lipinski definition) is 0. The predicted octanol–water partition coefficient (Wildman–Crippen LogP) is 3.13. The molecule has 2 unspecified atom stereocenters. The molecule has 0 heterocycles. The summed E-state index contributed by atoms with van der Waals surface area (Å²) in [7, 11) is 0. The summed E-state index contributed by atoms with van der Waals surface area (Å²) in [6, 6.07) is 0. The van der Waals surface area contributed by atoms with Gasteiger partial charge >= 0.3 is 6.16 Å². The lowest BCUT2D eigenvalue weighted by Crippen LogP contribution is -2.25. The Kier molecular flexibility index (Phi) is 4.77. The average Bonchev–Trinajstić information content (AvgIpc) is 2.15. The fraction of sp³-hybridized carbons (Fsp3) is 0.909. The highest BCUT2D eigenvalue weighted by Gasteiger charge is 2.22. The summed E-state index contributed by atoms with van der Waals surface area (Å²) >= 11 is 0. The van der Waals surface area contributed by atoms with E-state index in [4.69, 9.17) is 9.47 Å². The van der Waals surface area contributed by atoms with Crippen molar-refractivity contribution in [3.05, 3.63) is 0 Å². The van der Waals surface area contributed by atoms with Crippen molar-refractivity contribution in [3.8, 4) is 0 Å². The highest BCUT2D eigenvalue weighted by molar-refractivity contribution is 5.60. The molecular weight excluding hydrogens is 180 g/mol. The van der Waals surface area contributed by atoms with E-state index in [-0.39, 0.29) is 6.10 Å². The fourth-order valence-corrected chi connectivity index (χ4v) is 1.84. The SMILES string of the molecule is CCCOC(=O)OC1CCCC(C)C1. The van der Waals surface area contributed by atoms with Crippen molar-refractivity contribution >= 4 is 6.16 Å². The van der Waals surface area contributed by atoms with Crippen molar-refractivity contribution in [1.29, 1.82) is 0 Å². The lowest BCUT2D eigenvalue weighted by Gasteiger charge is -2.25. The van der Waals surface area contributed by atoms with Crippen molar-refractivity contribution in [2.75, 3.05) is 6.61 Å². The van der Waals surface area contributed by atoms with E-state index in [2.05, 4.69) is 6.92 Å². The van der Waals surface area contributed by atoms with Gasteiger partial charge in [0.05, 0.1) is 6.61 Å². The number of carbonyl (C=O) groups excluding carboxylic acids is 1. The van der Waals surface area contributed by atoms with Gasteiger partial charge in [-0.1, -0.05) is 20.3 Å². The van der Waals surface area contributed by atoms with Crippen molar-refractivity contribution in [1.82, 2.24) is 0 Å². The summed E-state index contributed by atoms with van der Waals surface area (Å²) in [5, 5.41) is 0. The Balaban J connectivity index is 2.18. The number of rotatable bonds is 3. The van der Waals surface area contributed by atoms with Gasteiger partial charge in [-0.25, -0.2) is 4.79 Å². The van der Waals surface area contributed by atoms with Crippen molar-refractivity contribution in [2.24, 2.45) is 5.92 Å². The minimum atomic E-state index is -0.494. The van der Waals surface area contributed by atoms with Gasteiger partial charge < -0.3 is 9.47 Å². The van der Waals surface area contributed by atoms with Crippen LogP contribution in [0.5, 0.6) is 0 Å². The van der Waals surface area contributed by atoms with Crippen LogP contribution in [0, 0.1) is 5.92 Å². The molecule has 1 aliphatic rings. The number of hydrogen-bond acceptors (Lipinski definition) is 3. The van der Waals surface area contributed by atoms with Gasteiger partial charge in [-0.15, -0.1) is 0 Å². The quantitative estimate of drug-likeness (QED) is 0.656. The Bertz CT molecular complexity index is 179. The second-order valence-electron chi connectivity index (χ2n) is 4.11. The van der Waals surface area contributed by atoms with Crippen molar-refractivity contribution < 1.29 is 14.3 Å². The van der Waals surface area contributed by atoms with Crippen LogP contribution in [0.4, 0.5) is 4.79 Å². The van der Waals surface area contributed by atoms with Crippen LogP contribution in [0.3, 0.4) is 0 Å². The van der Waals surface area contributed by atoms with Crippen LogP contribution in [-0.4, -0.2) is 18.9 Å². The van der Waals surface area contributed by atoms with E-state index in [0.717, 1.165) is 25.7 Å². The summed E-state index contributed by atoms with van der Waals surface area (Å²) < 4.78 is 10.1. The molecule has 0 aromatic carbocycles. The Morgan fingerprint density at radius 1 is 1.43 bits per heavy atom. The molecule has 0 amide bonds. The zero-order valence-electron chi connectivity index (χ0n) is 9.12. The van der Waals surface area contributed by atoms with Crippen LogP contribution >= 0.6 is 0 Å². The van der Waals surface area contributed by atoms with Crippen LogP contribution < -0.4 is 0 Å². The average molecular weight is 200 g/mol. The monoisotopic (exact) mass is 200 g/mol. The van der Waals surface area contributed by atoms with Crippen LogP contribution in [0.25, 0.3) is 0 Å². The summed E-state index contributed by atoms with van der Waals surface area (Å²) in [5.41, 5.74) is 0. The lowest BCUT2D eigenvalue weighted by atomic mass is 9.89. The van der Waals surface area contributed by atoms with Gasteiger partial charge in [0, 0.05) is 0 Å². The van der Waals surface area contributed by atoms with Crippen molar-refractivity contribution in [3.63, 3.8) is 0 Å². The standard InChI is InChI=1S/C11H20O3/c1-3-7-13-11(12)14-10-6-4-5-9(2)8-10/h9-10H,3-8H2,1-2H3. The Morgan fingerprint density at radius 2 is 2.21 bits per heavy atom. The molecule has 0 aliphatic heterocycles. The lowest BCUT2D eigenvalue weighted by molar-refractivity contribution is 0.00445. The van der Waals surface area contributed by atoms with E-state index < -0.39 is 6.16 Å². The molecule has 2 atom stereocenters. The normalized spacial score (nSPS) is 27.0. The topological polar surface area (TPSA) is 35.5 Å². The van der Waals surface area contributed by atoms with Gasteiger partial charge in [0.15, 0.2) is 0 Å². The summed E-state index contributed by atoms with van der Waals surface area (Å²) in [6.07, 6.45) is 4.83. The Labute approximate surface area is 85.8 Å². The maximum absolute atomic E-state index is 11.1. The van der Waals surface area contributed by atoms with Gasteiger partial charge in [0.1, 0.15) is 6.10 Å². The molecule has 0 N–H and O–H groups in total. The molecule has 1 aliphatic carbocycles. The van der Waals surface area contributed by atoms with Gasteiger partial charge in [-0.3, -0.25) is 0 Å². The number of ether oxygens (including phenoxy) is 2. The third-order valence-electron chi connectivity index (χ3n) is 2.58. The molecule has 0 saturated heterocycles. The summed E-state index contributed by atoms with van der Waals surface area (Å²) in [6.45, 7) is 4.63. The van der Waals surface area contributed by atoms with E-state index in [1.807, 2.05) is 6.92 Å². The highest BCUT2D eigenvalue weighted by atomic mass is 16.7. The fourth-order valence-electron chi connectivity index (χ4n) is 1.84. The predicted molar refractivity (Wildman–Crippen MR) is 54.1 cm³/mol. The van der Waals surface area contributed by atoms with E-state index in [9.17, 15) is 4.79 Å². The smallest absolute Gasteiger partial charge is 0.434 e. The van der Waals surface area contributed by atoms with Gasteiger partial charge in [0.2, 0.25) is 0 Å². The largest absolute Gasteiger partial charge is 0.508 e. The molecule has 0 spiro atoms.